The van der Waals surface area contributed by atoms with Gasteiger partial charge in [0, 0.05) is 11.9 Å². The van der Waals surface area contributed by atoms with E-state index in [9.17, 15) is 8.42 Å². The summed E-state index contributed by atoms with van der Waals surface area (Å²) in [7, 11) is -1.87. The van der Waals surface area contributed by atoms with Crippen molar-refractivity contribution < 1.29 is 17.4 Å². The zero-order chi connectivity index (χ0) is 12.5. The summed E-state index contributed by atoms with van der Waals surface area (Å²) >= 11 is 1.64. The lowest BCUT2D eigenvalue weighted by atomic mass is 10.1. The zero-order valence-electron chi connectivity index (χ0n) is 9.75. The first-order valence-corrected chi connectivity index (χ1v) is 7.94. The third kappa shape index (κ3) is 3.49. The minimum absolute atomic E-state index is 0.106. The maximum absolute atomic E-state index is 11.0. The highest BCUT2D eigenvalue weighted by Gasteiger charge is 2.24. The number of thiophene rings is 1. The third-order valence-corrected chi connectivity index (χ3v) is 4.03. The minimum Gasteiger partial charge on any atom is -0.371 e. The van der Waals surface area contributed by atoms with E-state index in [-0.39, 0.29) is 6.10 Å². The Kier molecular flexibility index (Phi) is 3.84. The molecule has 1 atom stereocenters. The van der Waals surface area contributed by atoms with Gasteiger partial charge >= 0.3 is 0 Å². The van der Waals surface area contributed by atoms with E-state index in [0.29, 0.717) is 13.2 Å². The molecule has 0 radical (unpaired) electrons. The molecule has 1 aromatic heterocycles. The molecular formula is C10H15NO4S2. The molecule has 7 heteroatoms. The Bertz CT molecular complexity index is 482. The smallest absolute Gasteiger partial charge is 0.280 e. The summed E-state index contributed by atoms with van der Waals surface area (Å²) in [5, 5.41) is 3.33. The Morgan fingerprint density at radius 3 is 3.12 bits per heavy atom. The van der Waals surface area contributed by atoms with Crippen LogP contribution >= 0.6 is 11.3 Å². The number of nitrogens with zero attached hydrogens (tertiary/aromatic N) is 1. The highest BCUT2D eigenvalue weighted by Crippen LogP contribution is 2.32. The van der Waals surface area contributed by atoms with Crippen molar-refractivity contribution in [1.82, 2.24) is 5.06 Å². The Balaban J connectivity index is 2.02. The van der Waals surface area contributed by atoms with E-state index in [0.717, 1.165) is 12.7 Å². The van der Waals surface area contributed by atoms with Gasteiger partial charge in [-0.25, -0.2) is 0 Å². The molecule has 0 aromatic carbocycles. The molecule has 1 unspecified atom stereocenters. The van der Waals surface area contributed by atoms with E-state index < -0.39 is 10.1 Å². The van der Waals surface area contributed by atoms with E-state index in [1.165, 1.54) is 15.5 Å². The number of hydroxylamine groups is 2. The molecule has 1 aliphatic rings. The van der Waals surface area contributed by atoms with Gasteiger partial charge in [-0.05, 0) is 23.4 Å². The van der Waals surface area contributed by atoms with Crippen LogP contribution in [-0.4, -0.2) is 39.9 Å². The number of likely N-dealkylation sites (N-methyl/N-ethyl adjacent to an activating group) is 1. The second-order valence-corrected chi connectivity index (χ2v) is 6.51. The number of hydrogen-bond donors (Lipinski definition) is 0. The summed E-state index contributed by atoms with van der Waals surface area (Å²) in [4.78, 5) is 1.17. The quantitative estimate of drug-likeness (QED) is 0.774. The average molecular weight is 277 g/mol. The van der Waals surface area contributed by atoms with Crippen molar-refractivity contribution in [2.24, 2.45) is 0 Å². The molecule has 0 N–H and O–H groups in total. The average Bonchev–Trinajstić information content (AvgIpc) is 2.63. The van der Waals surface area contributed by atoms with E-state index in [4.69, 9.17) is 9.02 Å². The highest BCUT2D eigenvalue weighted by molar-refractivity contribution is 7.85. The molecule has 0 bridgehead atoms. The number of fused-ring (bicyclic) bond motifs is 1. The molecule has 0 amide bonds. The fourth-order valence-electron chi connectivity index (χ4n) is 1.85. The van der Waals surface area contributed by atoms with Gasteiger partial charge in [0.15, 0.2) is 0 Å². The number of hydrogen-bond acceptors (Lipinski definition) is 6. The Hall–Kier alpha value is -0.470. The Morgan fingerprint density at radius 1 is 1.65 bits per heavy atom. The van der Waals surface area contributed by atoms with Crippen molar-refractivity contribution in [3.63, 3.8) is 0 Å². The highest BCUT2D eigenvalue weighted by atomic mass is 32.2. The van der Waals surface area contributed by atoms with Crippen molar-refractivity contribution in [2.75, 3.05) is 26.5 Å². The van der Waals surface area contributed by atoms with E-state index in [1.807, 2.05) is 5.38 Å². The topological polar surface area (TPSA) is 55.8 Å². The fraction of sp³-hybridized carbons (Fsp3) is 0.600. The van der Waals surface area contributed by atoms with Crippen LogP contribution in [0.25, 0.3) is 0 Å². The second-order valence-electron chi connectivity index (χ2n) is 4.01. The molecule has 2 heterocycles. The molecule has 17 heavy (non-hydrogen) atoms. The van der Waals surface area contributed by atoms with Crippen LogP contribution in [0, 0.1) is 0 Å². The maximum atomic E-state index is 11.0. The van der Waals surface area contributed by atoms with Crippen molar-refractivity contribution in [2.45, 2.75) is 12.5 Å². The van der Waals surface area contributed by atoms with Gasteiger partial charge < -0.3 is 4.74 Å². The van der Waals surface area contributed by atoms with Crippen LogP contribution in [0.4, 0.5) is 0 Å². The summed E-state index contributed by atoms with van der Waals surface area (Å²) in [6, 6.07) is 2.09. The van der Waals surface area contributed by atoms with Crippen LogP contribution in [0.15, 0.2) is 11.4 Å². The van der Waals surface area contributed by atoms with Gasteiger partial charge in [0.05, 0.1) is 19.4 Å². The van der Waals surface area contributed by atoms with Crippen molar-refractivity contribution >= 4 is 21.5 Å². The van der Waals surface area contributed by atoms with Gasteiger partial charge in [0.25, 0.3) is 10.1 Å². The molecular weight excluding hydrogens is 262 g/mol. The van der Waals surface area contributed by atoms with Gasteiger partial charge in [-0.3, -0.25) is 0 Å². The largest absolute Gasteiger partial charge is 0.371 e. The van der Waals surface area contributed by atoms with Gasteiger partial charge in [-0.15, -0.1) is 11.3 Å². The lowest BCUT2D eigenvalue weighted by Crippen LogP contribution is -2.30. The van der Waals surface area contributed by atoms with Gasteiger partial charge in [0.1, 0.15) is 6.10 Å². The lowest BCUT2D eigenvalue weighted by Gasteiger charge is -2.26. The van der Waals surface area contributed by atoms with Crippen molar-refractivity contribution in [3.8, 4) is 0 Å². The first kappa shape index (κ1) is 13.0. The predicted octanol–water partition coefficient (Wildman–Crippen LogP) is 1.18. The number of rotatable bonds is 4. The number of ether oxygens (including phenoxy) is 1. The SMILES string of the molecule is CN(CC1OCCc2ccsc21)OS(C)(=O)=O. The summed E-state index contributed by atoms with van der Waals surface area (Å²) in [5.41, 5.74) is 1.29. The maximum Gasteiger partial charge on any atom is 0.280 e. The van der Waals surface area contributed by atoms with Gasteiger partial charge in [0.2, 0.25) is 0 Å². The van der Waals surface area contributed by atoms with Gasteiger partial charge in [-0.1, -0.05) is 0 Å². The molecule has 96 valence electrons. The molecule has 0 fully saturated rings. The second kappa shape index (κ2) is 5.03. The summed E-state index contributed by atoms with van der Waals surface area (Å²) in [6.07, 6.45) is 1.85. The molecule has 0 spiro atoms. The molecule has 2 rings (SSSR count). The summed E-state index contributed by atoms with van der Waals surface area (Å²) in [5.74, 6) is 0. The van der Waals surface area contributed by atoms with Crippen LogP contribution in [0.5, 0.6) is 0 Å². The van der Waals surface area contributed by atoms with Crippen LogP contribution in [-0.2, 0) is 25.6 Å². The van der Waals surface area contributed by atoms with E-state index in [1.54, 1.807) is 18.4 Å². The van der Waals surface area contributed by atoms with E-state index in [2.05, 4.69) is 6.07 Å². The summed E-state index contributed by atoms with van der Waals surface area (Å²) < 4.78 is 32.4. The lowest BCUT2D eigenvalue weighted by molar-refractivity contribution is -0.0759. The monoisotopic (exact) mass is 277 g/mol. The van der Waals surface area contributed by atoms with Crippen LogP contribution in [0.2, 0.25) is 0 Å². The predicted molar refractivity (Wildman–Crippen MR) is 65.3 cm³/mol. The van der Waals surface area contributed by atoms with Crippen LogP contribution in [0.1, 0.15) is 16.5 Å². The molecule has 0 saturated carbocycles. The summed E-state index contributed by atoms with van der Waals surface area (Å²) in [6.45, 7) is 1.07. The normalized spacial score (nSPS) is 20.5. The third-order valence-electron chi connectivity index (χ3n) is 2.45. The molecule has 5 nitrogen and oxygen atoms in total. The molecule has 0 aliphatic carbocycles. The van der Waals surface area contributed by atoms with Crippen molar-refractivity contribution in [3.05, 3.63) is 21.9 Å². The molecule has 0 saturated heterocycles. The Labute approximate surface area is 105 Å². The first-order valence-electron chi connectivity index (χ1n) is 5.24. The van der Waals surface area contributed by atoms with Crippen LogP contribution < -0.4 is 0 Å². The standard InChI is InChI=1S/C10H15NO4S2/c1-11(15-17(2,12)13)7-9-10-8(3-5-14-9)4-6-16-10/h4,6,9H,3,5,7H2,1-2H3. The van der Waals surface area contributed by atoms with Gasteiger partial charge in [-0.2, -0.15) is 17.8 Å². The molecule has 1 aliphatic heterocycles. The fourth-order valence-corrected chi connectivity index (χ4v) is 3.37. The zero-order valence-corrected chi connectivity index (χ0v) is 11.4. The Morgan fingerprint density at radius 2 is 2.41 bits per heavy atom. The molecule has 1 aromatic rings. The minimum atomic E-state index is -3.46. The van der Waals surface area contributed by atoms with Crippen LogP contribution in [0.3, 0.4) is 0 Å². The van der Waals surface area contributed by atoms with E-state index >= 15 is 0 Å². The first-order chi connectivity index (χ1) is 7.96. The van der Waals surface area contributed by atoms with Crippen molar-refractivity contribution in [1.29, 1.82) is 0 Å².